The second-order valence-corrected chi connectivity index (χ2v) is 5.18. The van der Waals surface area contributed by atoms with E-state index in [-0.39, 0.29) is 11.7 Å². The number of ether oxygens (including phenoxy) is 1. The molecule has 2 rings (SSSR count). The number of rotatable bonds is 3. The van der Waals surface area contributed by atoms with E-state index in [1.807, 2.05) is 6.92 Å². The Balaban J connectivity index is 2.14. The third-order valence-electron chi connectivity index (χ3n) is 2.78. The van der Waals surface area contributed by atoms with Crippen LogP contribution in [0.15, 0.2) is 22.7 Å². The van der Waals surface area contributed by atoms with Crippen molar-refractivity contribution < 1.29 is 17.9 Å². The minimum absolute atomic E-state index is 0.261. The average molecular weight is 309 g/mol. The highest BCUT2D eigenvalue weighted by Crippen LogP contribution is 2.42. The molecule has 1 aromatic rings. The third kappa shape index (κ3) is 3.15. The van der Waals surface area contributed by atoms with Crippen LogP contribution in [-0.4, -0.2) is 12.3 Å². The summed E-state index contributed by atoms with van der Waals surface area (Å²) < 4.78 is 44.1. The Bertz CT molecular complexity index is 413. The molecular weight excluding hydrogens is 297 g/mol. The Morgan fingerprint density at radius 2 is 2.00 bits per heavy atom. The number of halogens is 4. The van der Waals surface area contributed by atoms with E-state index in [0.717, 1.165) is 10.0 Å². The van der Waals surface area contributed by atoms with Crippen molar-refractivity contribution in [2.45, 2.75) is 32.0 Å². The van der Waals surface area contributed by atoms with Gasteiger partial charge in [-0.3, -0.25) is 0 Å². The Morgan fingerprint density at radius 3 is 2.47 bits per heavy atom. The van der Waals surface area contributed by atoms with Gasteiger partial charge in [0, 0.05) is 10.4 Å². The Kier molecular flexibility index (Phi) is 3.39. The van der Waals surface area contributed by atoms with Gasteiger partial charge in [0.25, 0.3) is 0 Å². The fourth-order valence-corrected chi connectivity index (χ4v) is 1.98. The Labute approximate surface area is 106 Å². The van der Waals surface area contributed by atoms with Crippen LogP contribution in [0.1, 0.15) is 18.4 Å². The molecule has 0 aromatic heterocycles. The summed E-state index contributed by atoms with van der Waals surface area (Å²) in [4.78, 5) is 0. The van der Waals surface area contributed by atoms with E-state index >= 15 is 0 Å². The monoisotopic (exact) mass is 308 g/mol. The molecule has 1 aromatic carbocycles. The van der Waals surface area contributed by atoms with E-state index in [0.29, 0.717) is 12.8 Å². The normalized spacial score (nSPS) is 17.9. The summed E-state index contributed by atoms with van der Waals surface area (Å²) in [5.74, 6) is -0.119. The first-order valence-electron chi connectivity index (χ1n) is 5.37. The van der Waals surface area contributed by atoms with Crippen molar-refractivity contribution in [2.75, 3.05) is 0 Å². The van der Waals surface area contributed by atoms with Crippen molar-refractivity contribution in [3.05, 3.63) is 28.2 Å². The van der Waals surface area contributed by atoms with Crippen LogP contribution >= 0.6 is 15.9 Å². The second kappa shape index (κ2) is 4.52. The maximum Gasteiger partial charge on any atom is 0.425 e. The second-order valence-electron chi connectivity index (χ2n) is 4.33. The van der Waals surface area contributed by atoms with Gasteiger partial charge in [0.1, 0.15) is 5.75 Å². The van der Waals surface area contributed by atoms with Crippen molar-refractivity contribution in [1.82, 2.24) is 0 Å². The van der Waals surface area contributed by atoms with E-state index in [4.69, 9.17) is 4.74 Å². The molecule has 1 aliphatic rings. The summed E-state index contributed by atoms with van der Waals surface area (Å²) in [6.07, 6.45) is -4.77. The predicted molar refractivity (Wildman–Crippen MR) is 62.1 cm³/mol. The van der Waals surface area contributed by atoms with Gasteiger partial charge in [0.2, 0.25) is 0 Å². The molecular formula is C12H12BrF3O. The van der Waals surface area contributed by atoms with Crippen LogP contribution < -0.4 is 4.74 Å². The minimum Gasteiger partial charge on any atom is -0.481 e. The van der Waals surface area contributed by atoms with Crippen LogP contribution in [0.4, 0.5) is 13.2 Å². The highest BCUT2D eigenvalue weighted by molar-refractivity contribution is 9.10. The molecule has 94 valence electrons. The molecule has 17 heavy (non-hydrogen) atoms. The lowest BCUT2D eigenvalue weighted by atomic mass is 10.2. The van der Waals surface area contributed by atoms with Crippen molar-refractivity contribution in [3.63, 3.8) is 0 Å². The maximum absolute atomic E-state index is 12.7. The van der Waals surface area contributed by atoms with E-state index in [9.17, 15) is 13.2 Å². The quantitative estimate of drug-likeness (QED) is 0.800. The molecule has 0 N–H and O–H groups in total. The van der Waals surface area contributed by atoms with Crippen LogP contribution in [0.25, 0.3) is 0 Å². The van der Waals surface area contributed by atoms with E-state index < -0.39 is 12.3 Å². The standard InChI is InChI=1S/C12H12BrF3O/c1-7-2-5-9(6-10(7)13)17-11(8-3-4-8)12(14,15)16/h2,5-6,8,11H,3-4H2,1H3. The van der Waals surface area contributed by atoms with Gasteiger partial charge >= 0.3 is 6.18 Å². The molecule has 0 heterocycles. The first-order chi connectivity index (χ1) is 7.88. The fraction of sp³-hybridized carbons (Fsp3) is 0.500. The average Bonchev–Trinajstić information content (AvgIpc) is 3.01. The molecule has 1 atom stereocenters. The van der Waals surface area contributed by atoms with Crippen LogP contribution in [0.2, 0.25) is 0 Å². The van der Waals surface area contributed by atoms with Gasteiger partial charge in [0.15, 0.2) is 6.10 Å². The van der Waals surface area contributed by atoms with Gasteiger partial charge in [-0.15, -0.1) is 0 Å². The lowest BCUT2D eigenvalue weighted by molar-refractivity contribution is -0.201. The van der Waals surface area contributed by atoms with Gasteiger partial charge in [-0.25, -0.2) is 0 Å². The van der Waals surface area contributed by atoms with Crippen molar-refractivity contribution in [3.8, 4) is 5.75 Å². The zero-order chi connectivity index (χ0) is 12.6. The molecule has 1 unspecified atom stereocenters. The molecule has 1 nitrogen and oxygen atoms in total. The molecule has 0 radical (unpaired) electrons. The smallest absolute Gasteiger partial charge is 0.425 e. The Hall–Kier alpha value is -0.710. The summed E-state index contributed by atoms with van der Waals surface area (Å²) in [6.45, 7) is 1.87. The molecule has 0 amide bonds. The van der Waals surface area contributed by atoms with E-state index in [1.54, 1.807) is 18.2 Å². The van der Waals surface area contributed by atoms with Gasteiger partial charge in [-0.2, -0.15) is 13.2 Å². The molecule has 1 saturated carbocycles. The summed E-state index contributed by atoms with van der Waals surface area (Å²) >= 11 is 3.28. The van der Waals surface area contributed by atoms with Gasteiger partial charge < -0.3 is 4.74 Å². The van der Waals surface area contributed by atoms with E-state index in [1.165, 1.54) is 0 Å². The topological polar surface area (TPSA) is 9.23 Å². The van der Waals surface area contributed by atoms with Crippen LogP contribution in [-0.2, 0) is 0 Å². The number of benzene rings is 1. The molecule has 5 heteroatoms. The third-order valence-corrected chi connectivity index (χ3v) is 3.63. The zero-order valence-corrected chi connectivity index (χ0v) is 10.8. The fourth-order valence-electron chi connectivity index (χ4n) is 1.62. The maximum atomic E-state index is 12.7. The zero-order valence-electron chi connectivity index (χ0n) is 9.22. The lowest BCUT2D eigenvalue weighted by Crippen LogP contribution is -2.36. The summed E-state index contributed by atoms with van der Waals surface area (Å²) in [7, 11) is 0. The first-order valence-corrected chi connectivity index (χ1v) is 6.17. The molecule has 0 bridgehead atoms. The first kappa shape index (κ1) is 12.7. The Morgan fingerprint density at radius 1 is 1.35 bits per heavy atom. The van der Waals surface area contributed by atoms with Crippen molar-refractivity contribution in [2.24, 2.45) is 5.92 Å². The predicted octanol–water partition coefficient (Wildman–Crippen LogP) is 4.48. The molecule has 1 aliphatic carbocycles. The van der Waals surface area contributed by atoms with Crippen molar-refractivity contribution in [1.29, 1.82) is 0 Å². The highest BCUT2D eigenvalue weighted by Gasteiger charge is 2.51. The molecule has 0 saturated heterocycles. The SMILES string of the molecule is Cc1ccc(OC(C2CC2)C(F)(F)F)cc1Br. The summed E-state index contributed by atoms with van der Waals surface area (Å²) in [6, 6.07) is 4.89. The van der Waals surface area contributed by atoms with Gasteiger partial charge in [-0.05, 0) is 37.5 Å². The van der Waals surface area contributed by atoms with Crippen LogP contribution in [0.3, 0.4) is 0 Å². The number of hydrogen-bond acceptors (Lipinski definition) is 1. The molecule has 1 fully saturated rings. The lowest BCUT2D eigenvalue weighted by Gasteiger charge is -2.21. The summed E-state index contributed by atoms with van der Waals surface area (Å²) in [5, 5.41) is 0. The van der Waals surface area contributed by atoms with Gasteiger partial charge in [-0.1, -0.05) is 22.0 Å². The van der Waals surface area contributed by atoms with Crippen LogP contribution in [0.5, 0.6) is 5.75 Å². The van der Waals surface area contributed by atoms with E-state index in [2.05, 4.69) is 15.9 Å². The molecule has 0 aliphatic heterocycles. The minimum atomic E-state index is -4.29. The van der Waals surface area contributed by atoms with Crippen molar-refractivity contribution >= 4 is 15.9 Å². The largest absolute Gasteiger partial charge is 0.481 e. The number of alkyl halides is 3. The number of aryl methyl sites for hydroxylation is 1. The van der Waals surface area contributed by atoms with Gasteiger partial charge in [0.05, 0.1) is 0 Å². The molecule has 0 spiro atoms. The number of hydrogen-bond donors (Lipinski definition) is 0. The van der Waals surface area contributed by atoms with Crippen LogP contribution in [0, 0.1) is 12.8 Å². The summed E-state index contributed by atoms with van der Waals surface area (Å²) in [5.41, 5.74) is 0.965. The highest BCUT2D eigenvalue weighted by atomic mass is 79.9.